The molecule has 1 aliphatic carbocycles. The molecule has 0 spiro atoms. The van der Waals surface area contributed by atoms with E-state index in [4.69, 9.17) is 5.73 Å². The molecule has 0 bridgehead atoms. The zero-order valence-corrected chi connectivity index (χ0v) is 18.3. The summed E-state index contributed by atoms with van der Waals surface area (Å²) in [4.78, 5) is 26.6. The summed E-state index contributed by atoms with van der Waals surface area (Å²) in [6.07, 6.45) is 1.65. The molecule has 2 aromatic heterocycles. The van der Waals surface area contributed by atoms with Gasteiger partial charge in [0.05, 0.1) is 16.9 Å². The summed E-state index contributed by atoms with van der Waals surface area (Å²) < 4.78 is 27.0. The highest BCUT2D eigenvalue weighted by atomic mass is 19.3. The largest absolute Gasteiger partial charge is 0.382 e. The van der Waals surface area contributed by atoms with Crippen LogP contribution in [-0.4, -0.2) is 32.8 Å². The van der Waals surface area contributed by atoms with Crippen molar-refractivity contribution in [2.24, 2.45) is 0 Å². The summed E-state index contributed by atoms with van der Waals surface area (Å²) in [5.41, 5.74) is 9.63. The first-order valence-corrected chi connectivity index (χ1v) is 11.2. The molecule has 5 rings (SSSR count). The van der Waals surface area contributed by atoms with Gasteiger partial charge in [-0.05, 0) is 31.0 Å². The van der Waals surface area contributed by atoms with Crippen LogP contribution in [0.3, 0.4) is 0 Å². The van der Waals surface area contributed by atoms with Crippen molar-refractivity contribution in [2.75, 3.05) is 5.73 Å². The molecule has 0 atom stereocenters. The van der Waals surface area contributed by atoms with Crippen molar-refractivity contribution < 1.29 is 13.6 Å². The Kier molecular flexibility index (Phi) is 5.65. The van der Waals surface area contributed by atoms with Crippen molar-refractivity contribution in [3.63, 3.8) is 0 Å². The van der Waals surface area contributed by atoms with E-state index in [1.165, 1.54) is 0 Å². The summed E-state index contributed by atoms with van der Waals surface area (Å²) in [5, 5.41) is 3.74. The number of alkyl halides is 2. The molecule has 0 radical (unpaired) electrons. The van der Waals surface area contributed by atoms with Crippen LogP contribution in [0.2, 0.25) is 0 Å². The van der Waals surface area contributed by atoms with Crippen LogP contribution in [0.4, 0.5) is 14.6 Å². The molecular formula is C26H23F2N5O. The van der Waals surface area contributed by atoms with Crippen molar-refractivity contribution in [1.82, 2.24) is 20.3 Å². The Morgan fingerprint density at radius 1 is 0.941 bits per heavy atom. The third kappa shape index (κ3) is 4.44. The first-order valence-electron chi connectivity index (χ1n) is 11.2. The van der Waals surface area contributed by atoms with Gasteiger partial charge >= 0.3 is 0 Å². The minimum Gasteiger partial charge on any atom is -0.382 e. The standard InChI is InChI=1S/C26H23F2N5O/c27-26(28)12-10-19(11-13-26)31-25(34)23-24(29)33-21(16-5-2-1-3-6-16)22(32-23)18-8-9-20-17(15-18)7-4-14-30-20/h1-9,14-15,19H,10-13H2,(H2,29,33)(H,31,34). The van der Waals surface area contributed by atoms with Crippen LogP contribution in [0, 0.1) is 0 Å². The van der Waals surface area contributed by atoms with Crippen LogP contribution in [0.5, 0.6) is 0 Å². The Labute approximate surface area is 195 Å². The molecule has 8 heteroatoms. The average molecular weight is 460 g/mol. The normalized spacial score (nSPS) is 15.8. The second-order valence-corrected chi connectivity index (χ2v) is 8.54. The van der Waals surface area contributed by atoms with E-state index < -0.39 is 11.8 Å². The molecule has 4 aromatic rings. The van der Waals surface area contributed by atoms with Gasteiger partial charge in [-0.1, -0.05) is 42.5 Å². The van der Waals surface area contributed by atoms with Gasteiger partial charge in [0.2, 0.25) is 5.92 Å². The molecule has 1 amide bonds. The number of pyridine rings is 1. The lowest BCUT2D eigenvalue weighted by Crippen LogP contribution is -2.41. The lowest BCUT2D eigenvalue weighted by Gasteiger charge is -2.28. The molecule has 1 fully saturated rings. The minimum atomic E-state index is -2.67. The van der Waals surface area contributed by atoms with Gasteiger partial charge in [0.25, 0.3) is 5.91 Å². The number of nitrogen functional groups attached to an aromatic ring is 1. The van der Waals surface area contributed by atoms with Crippen LogP contribution in [0.1, 0.15) is 36.2 Å². The summed E-state index contributed by atoms with van der Waals surface area (Å²) in [6, 6.07) is 18.6. The van der Waals surface area contributed by atoms with E-state index in [0.29, 0.717) is 11.4 Å². The summed E-state index contributed by atoms with van der Waals surface area (Å²) >= 11 is 0. The minimum absolute atomic E-state index is 0.0105. The van der Waals surface area contributed by atoms with Crippen LogP contribution in [-0.2, 0) is 0 Å². The predicted octanol–water partition coefficient (Wildman–Crippen LogP) is 5.25. The van der Waals surface area contributed by atoms with Gasteiger partial charge in [0.1, 0.15) is 0 Å². The molecule has 2 heterocycles. The number of anilines is 1. The second-order valence-electron chi connectivity index (χ2n) is 8.54. The van der Waals surface area contributed by atoms with Crippen molar-refractivity contribution >= 4 is 22.6 Å². The molecule has 1 aliphatic rings. The molecule has 0 unspecified atom stereocenters. The fourth-order valence-corrected chi connectivity index (χ4v) is 4.28. The SMILES string of the molecule is Nc1nc(-c2ccccc2)c(-c2ccc3ncccc3c2)nc1C(=O)NC1CCC(F)(F)CC1. The number of nitrogens with two attached hydrogens (primary N) is 1. The van der Waals surface area contributed by atoms with Crippen molar-refractivity contribution in [1.29, 1.82) is 0 Å². The maximum absolute atomic E-state index is 13.5. The van der Waals surface area contributed by atoms with Gasteiger partial charge < -0.3 is 11.1 Å². The van der Waals surface area contributed by atoms with E-state index in [9.17, 15) is 13.6 Å². The van der Waals surface area contributed by atoms with Gasteiger partial charge in [-0.2, -0.15) is 0 Å². The Morgan fingerprint density at radius 3 is 2.44 bits per heavy atom. The van der Waals surface area contributed by atoms with Crippen molar-refractivity contribution in [3.8, 4) is 22.5 Å². The van der Waals surface area contributed by atoms with Crippen molar-refractivity contribution in [2.45, 2.75) is 37.6 Å². The number of rotatable bonds is 4. The molecule has 6 nitrogen and oxygen atoms in total. The number of aromatic nitrogens is 3. The number of nitrogens with zero attached hydrogens (tertiary/aromatic N) is 3. The molecule has 0 aliphatic heterocycles. The van der Waals surface area contributed by atoms with Crippen LogP contribution < -0.4 is 11.1 Å². The van der Waals surface area contributed by atoms with Crippen LogP contribution in [0.25, 0.3) is 33.4 Å². The number of benzene rings is 2. The van der Waals surface area contributed by atoms with Gasteiger partial charge in [-0.15, -0.1) is 0 Å². The number of halogens is 2. The summed E-state index contributed by atoms with van der Waals surface area (Å²) in [7, 11) is 0. The Morgan fingerprint density at radius 2 is 1.68 bits per heavy atom. The first kappa shape index (κ1) is 21.9. The van der Waals surface area contributed by atoms with E-state index in [-0.39, 0.29) is 43.2 Å². The summed E-state index contributed by atoms with van der Waals surface area (Å²) in [5.74, 6) is -3.19. The third-order valence-electron chi connectivity index (χ3n) is 6.11. The van der Waals surface area contributed by atoms with E-state index >= 15 is 0 Å². The summed E-state index contributed by atoms with van der Waals surface area (Å²) in [6.45, 7) is 0. The monoisotopic (exact) mass is 459 g/mol. The van der Waals surface area contributed by atoms with Gasteiger partial charge in [0, 0.05) is 41.6 Å². The molecule has 2 aromatic carbocycles. The number of carbonyl (C=O) groups is 1. The van der Waals surface area contributed by atoms with Crippen LogP contribution in [0.15, 0.2) is 66.9 Å². The molecule has 34 heavy (non-hydrogen) atoms. The molecule has 3 N–H and O–H groups in total. The van der Waals surface area contributed by atoms with Crippen LogP contribution >= 0.6 is 0 Å². The molecule has 1 saturated carbocycles. The number of hydrogen-bond acceptors (Lipinski definition) is 5. The van der Waals surface area contributed by atoms with Crippen molar-refractivity contribution in [3.05, 3.63) is 72.6 Å². The number of hydrogen-bond donors (Lipinski definition) is 2. The Bertz CT molecular complexity index is 1350. The number of fused-ring (bicyclic) bond motifs is 1. The fraction of sp³-hybridized carbons (Fsp3) is 0.231. The highest BCUT2D eigenvalue weighted by molar-refractivity contribution is 5.98. The lowest BCUT2D eigenvalue weighted by molar-refractivity contribution is -0.0399. The number of nitrogens with one attached hydrogen (secondary N) is 1. The highest BCUT2D eigenvalue weighted by Crippen LogP contribution is 2.34. The van der Waals surface area contributed by atoms with Gasteiger partial charge in [-0.25, -0.2) is 18.7 Å². The van der Waals surface area contributed by atoms with E-state index in [1.54, 1.807) is 6.20 Å². The van der Waals surface area contributed by atoms with Gasteiger partial charge in [0.15, 0.2) is 11.5 Å². The average Bonchev–Trinajstić information content (AvgIpc) is 2.85. The lowest BCUT2D eigenvalue weighted by atomic mass is 9.92. The fourth-order valence-electron chi connectivity index (χ4n) is 4.28. The van der Waals surface area contributed by atoms with E-state index in [1.807, 2.05) is 60.7 Å². The van der Waals surface area contributed by atoms with Gasteiger partial charge in [-0.3, -0.25) is 9.78 Å². The maximum atomic E-state index is 13.5. The third-order valence-corrected chi connectivity index (χ3v) is 6.11. The molecule has 172 valence electrons. The Balaban J connectivity index is 1.55. The molecule has 0 saturated heterocycles. The highest BCUT2D eigenvalue weighted by Gasteiger charge is 2.35. The first-order chi connectivity index (χ1) is 16.4. The Hall–Kier alpha value is -3.94. The zero-order valence-electron chi connectivity index (χ0n) is 18.3. The molecular weight excluding hydrogens is 436 g/mol. The second kappa shape index (κ2) is 8.78. The van der Waals surface area contributed by atoms with E-state index in [2.05, 4.69) is 20.3 Å². The topological polar surface area (TPSA) is 93.8 Å². The maximum Gasteiger partial charge on any atom is 0.273 e. The predicted molar refractivity (Wildman–Crippen MR) is 127 cm³/mol. The zero-order chi connectivity index (χ0) is 23.7. The number of carbonyl (C=O) groups excluding carboxylic acids is 1. The number of amides is 1. The van der Waals surface area contributed by atoms with E-state index in [0.717, 1.165) is 22.0 Å². The smallest absolute Gasteiger partial charge is 0.273 e. The quantitative estimate of drug-likeness (QED) is 0.435.